The maximum Gasteiger partial charge on any atom is 0.255 e. The van der Waals surface area contributed by atoms with Gasteiger partial charge >= 0.3 is 0 Å². The van der Waals surface area contributed by atoms with Crippen molar-refractivity contribution in [3.05, 3.63) is 35.1 Å². The number of thiocarbonyl (C=S) groups is 1. The van der Waals surface area contributed by atoms with E-state index >= 15 is 0 Å². The van der Waals surface area contributed by atoms with E-state index in [0.29, 0.717) is 5.56 Å². The van der Waals surface area contributed by atoms with Crippen molar-refractivity contribution in [2.24, 2.45) is 5.73 Å². The summed E-state index contributed by atoms with van der Waals surface area (Å²) >= 11 is 5.06. The Hall–Kier alpha value is -1.49. The fraction of sp³-hybridized carbons (Fsp3) is 0.429. The predicted octanol–water partition coefficient (Wildman–Crippen LogP) is 2.46. The highest BCUT2D eigenvalue weighted by Crippen LogP contribution is 2.30. The Balaban J connectivity index is 2.25. The Bertz CT molecular complexity index is 524. The molecule has 0 atom stereocenters. The first-order valence-corrected chi connectivity index (χ1v) is 6.75. The molecule has 1 aliphatic rings. The number of benzene rings is 1. The second-order valence-electron chi connectivity index (χ2n) is 5.04. The number of aryl methyl sites for hydroxylation is 1. The number of nitrogens with one attached hydrogen (secondary N) is 1. The van der Waals surface area contributed by atoms with Gasteiger partial charge in [0.15, 0.2) is 0 Å². The molecule has 0 radical (unpaired) electrons. The van der Waals surface area contributed by atoms with Gasteiger partial charge in [0, 0.05) is 0 Å². The van der Waals surface area contributed by atoms with Crippen molar-refractivity contribution in [3.63, 3.8) is 0 Å². The third kappa shape index (κ3) is 2.61. The average Bonchev–Trinajstić information content (AvgIpc) is 2.82. The highest BCUT2D eigenvalue weighted by molar-refractivity contribution is 7.80. The van der Waals surface area contributed by atoms with Gasteiger partial charge in [0.1, 0.15) is 5.82 Å². The van der Waals surface area contributed by atoms with E-state index in [-0.39, 0.29) is 10.6 Å². The molecule has 102 valence electrons. The lowest BCUT2D eigenvalue weighted by Crippen LogP contribution is -2.54. The average molecular weight is 280 g/mol. The molecule has 0 aliphatic heterocycles. The number of amides is 1. The molecule has 1 amide bonds. The van der Waals surface area contributed by atoms with Crippen LogP contribution in [0.2, 0.25) is 0 Å². The van der Waals surface area contributed by atoms with Crippen LogP contribution in [0.4, 0.5) is 4.39 Å². The molecule has 0 aromatic heterocycles. The van der Waals surface area contributed by atoms with Gasteiger partial charge in [-0.2, -0.15) is 0 Å². The van der Waals surface area contributed by atoms with Gasteiger partial charge in [-0.1, -0.05) is 37.2 Å². The molecule has 1 fully saturated rings. The standard InChI is InChI=1S/C14H17FN2OS/c1-9-5-4-6-10(11(9)15)12(18)17-14(13(16)19)7-2-3-8-14/h4-6H,2-3,7-8H2,1H3,(H2,16,19)(H,17,18). The minimum Gasteiger partial charge on any atom is -0.391 e. The summed E-state index contributed by atoms with van der Waals surface area (Å²) in [6.07, 6.45) is 3.38. The molecule has 5 heteroatoms. The van der Waals surface area contributed by atoms with E-state index in [0.717, 1.165) is 25.7 Å². The third-order valence-corrected chi connectivity index (χ3v) is 4.11. The molecule has 3 N–H and O–H groups in total. The van der Waals surface area contributed by atoms with Crippen LogP contribution in [0.3, 0.4) is 0 Å². The van der Waals surface area contributed by atoms with Gasteiger partial charge in [-0.05, 0) is 31.4 Å². The predicted molar refractivity (Wildman–Crippen MR) is 76.6 cm³/mol. The van der Waals surface area contributed by atoms with Gasteiger partial charge in [-0.3, -0.25) is 4.79 Å². The van der Waals surface area contributed by atoms with E-state index in [1.54, 1.807) is 19.1 Å². The van der Waals surface area contributed by atoms with Crippen molar-refractivity contribution < 1.29 is 9.18 Å². The first kappa shape index (κ1) is 13.9. The summed E-state index contributed by atoms with van der Waals surface area (Å²) < 4.78 is 13.9. The summed E-state index contributed by atoms with van der Waals surface area (Å²) in [6.45, 7) is 1.63. The van der Waals surface area contributed by atoms with E-state index in [4.69, 9.17) is 18.0 Å². The SMILES string of the molecule is Cc1cccc(C(=O)NC2(C(N)=S)CCCC2)c1F. The smallest absolute Gasteiger partial charge is 0.255 e. The normalized spacial score (nSPS) is 17.2. The molecule has 1 aliphatic carbocycles. The Labute approximate surface area is 117 Å². The zero-order valence-electron chi connectivity index (χ0n) is 10.8. The highest BCUT2D eigenvalue weighted by Gasteiger charge is 2.38. The first-order valence-electron chi connectivity index (χ1n) is 6.34. The van der Waals surface area contributed by atoms with Gasteiger partial charge < -0.3 is 11.1 Å². The molecule has 2 rings (SSSR count). The number of hydrogen-bond donors (Lipinski definition) is 2. The van der Waals surface area contributed by atoms with Gasteiger partial charge in [0.2, 0.25) is 0 Å². The molecule has 0 bridgehead atoms. The number of carbonyl (C=O) groups is 1. The van der Waals surface area contributed by atoms with Crippen molar-refractivity contribution in [2.45, 2.75) is 38.1 Å². The molecule has 0 spiro atoms. The summed E-state index contributed by atoms with van der Waals surface area (Å²) in [5, 5.41) is 2.83. The topological polar surface area (TPSA) is 55.1 Å². The molecule has 1 aromatic carbocycles. The largest absolute Gasteiger partial charge is 0.391 e. The van der Waals surface area contributed by atoms with Crippen LogP contribution in [-0.4, -0.2) is 16.4 Å². The van der Waals surface area contributed by atoms with Crippen molar-refractivity contribution in [1.29, 1.82) is 0 Å². The molecule has 1 saturated carbocycles. The van der Waals surface area contributed by atoms with Crippen molar-refractivity contribution >= 4 is 23.1 Å². The summed E-state index contributed by atoms with van der Waals surface area (Å²) in [7, 11) is 0. The van der Waals surface area contributed by atoms with E-state index in [1.165, 1.54) is 6.07 Å². The van der Waals surface area contributed by atoms with Crippen LogP contribution in [0.15, 0.2) is 18.2 Å². The minimum absolute atomic E-state index is 0.0440. The minimum atomic E-state index is -0.650. The zero-order valence-corrected chi connectivity index (χ0v) is 11.6. The van der Waals surface area contributed by atoms with Crippen LogP contribution in [-0.2, 0) is 0 Å². The van der Waals surface area contributed by atoms with Crippen LogP contribution in [0.25, 0.3) is 0 Å². The molecule has 0 heterocycles. The zero-order chi connectivity index (χ0) is 14.0. The molecular weight excluding hydrogens is 263 g/mol. The summed E-state index contributed by atoms with van der Waals surface area (Å²) in [6, 6.07) is 4.76. The molecule has 0 unspecified atom stereocenters. The van der Waals surface area contributed by atoms with Crippen molar-refractivity contribution in [1.82, 2.24) is 5.32 Å². The maximum atomic E-state index is 13.9. The Morgan fingerprint density at radius 2 is 2.05 bits per heavy atom. The second-order valence-corrected chi connectivity index (χ2v) is 5.48. The fourth-order valence-corrected chi connectivity index (χ4v) is 2.77. The Morgan fingerprint density at radius 3 is 2.63 bits per heavy atom. The van der Waals surface area contributed by atoms with Crippen LogP contribution >= 0.6 is 12.2 Å². The molecule has 0 saturated heterocycles. The number of carbonyl (C=O) groups excluding carboxylic acids is 1. The monoisotopic (exact) mass is 280 g/mol. The molecule has 3 nitrogen and oxygen atoms in total. The van der Waals surface area contributed by atoms with E-state index < -0.39 is 17.3 Å². The van der Waals surface area contributed by atoms with Crippen LogP contribution in [0.5, 0.6) is 0 Å². The Kier molecular flexibility index (Phi) is 3.85. The van der Waals surface area contributed by atoms with E-state index in [2.05, 4.69) is 5.32 Å². The van der Waals surface area contributed by atoms with Gasteiger partial charge in [0.25, 0.3) is 5.91 Å². The lowest BCUT2D eigenvalue weighted by molar-refractivity contribution is 0.0920. The number of hydrogen-bond acceptors (Lipinski definition) is 2. The third-order valence-electron chi connectivity index (χ3n) is 3.72. The number of halogens is 1. The Morgan fingerprint density at radius 1 is 1.42 bits per heavy atom. The van der Waals surface area contributed by atoms with Crippen LogP contribution < -0.4 is 11.1 Å². The van der Waals surface area contributed by atoms with Crippen LogP contribution in [0.1, 0.15) is 41.6 Å². The number of nitrogens with two attached hydrogens (primary N) is 1. The quantitative estimate of drug-likeness (QED) is 0.836. The van der Waals surface area contributed by atoms with Crippen LogP contribution in [0, 0.1) is 12.7 Å². The lowest BCUT2D eigenvalue weighted by atomic mass is 9.96. The van der Waals surface area contributed by atoms with Crippen molar-refractivity contribution in [2.75, 3.05) is 0 Å². The lowest BCUT2D eigenvalue weighted by Gasteiger charge is -2.29. The van der Waals surface area contributed by atoms with E-state index in [1.807, 2.05) is 0 Å². The second kappa shape index (κ2) is 5.25. The molecule has 1 aromatic rings. The summed E-state index contributed by atoms with van der Waals surface area (Å²) in [4.78, 5) is 12.5. The molecule has 19 heavy (non-hydrogen) atoms. The highest BCUT2D eigenvalue weighted by atomic mass is 32.1. The van der Waals surface area contributed by atoms with Crippen molar-refractivity contribution in [3.8, 4) is 0 Å². The van der Waals surface area contributed by atoms with Gasteiger partial charge in [-0.25, -0.2) is 4.39 Å². The fourth-order valence-electron chi connectivity index (χ4n) is 2.52. The first-order chi connectivity index (χ1) is 8.96. The van der Waals surface area contributed by atoms with E-state index in [9.17, 15) is 9.18 Å². The summed E-state index contributed by atoms with van der Waals surface area (Å²) in [5.74, 6) is -0.938. The number of rotatable bonds is 3. The molecular formula is C14H17FN2OS. The summed E-state index contributed by atoms with van der Waals surface area (Å²) in [5.41, 5.74) is 5.59. The maximum absolute atomic E-state index is 13.9. The van der Waals surface area contributed by atoms with Gasteiger partial charge in [-0.15, -0.1) is 0 Å². The van der Waals surface area contributed by atoms with Gasteiger partial charge in [0.05, 0.1) is 16.1 Å².